The molecule has 0 saturated heterocycles. The average Bonchev–Trinajstić information content (AvgIpc) is 2.81. The smallest absolute Gasteiger partial charge is 0.134 e. The van der Waals surface area contributed by atoms with Crippen molar-refractivity contribution in [3.05, 3.63) is 24.2 Å². The van der Waals surface area contributed by atoms with Gasteiger partial charge in [0.2, 0.25) is 0 Å². The Labute approximate surface area is 103 Å². The molecule has 1 aromatic heterocycles. The number of furan rings is 1. The first-order chi connectivity index (χ1) is 8.15. The molecule has 2 unspecified atom stereocenters. The third-order valence-corrected chi connectivity index (χ3v) is 2.52. The van der Waals surface area contributed by atoms with Crippen molar-refractivity contribution in [1.29, 1.82) is 0 Å². The largest absolute Gasteiger partial charge is 0.467 e. The lowest BCUT2D eigenvalue weighted by molar-refractivity contribution is -0.0298. The Balaban J connectivity index is 2.42. The lowest BCUT2D eigenvalue weighted by Gasteiger charge is -2.21. The summed E-state index contributed by atoms with van der Waals surface area (Å²) in [7, 11) is 0. The highest BCUT2D eigenvalue weighted by Crippen LogP contribution is 2.22. The van der Waals surface area contributed by atoms with E-state index in [2.05, 4.69) is 0 Å². The van der Waals surface area contributed by atoms with Crippen molar-refractivity contribution in [1.82, 2.24) is 0 Å². The molecule has 0 spiro atoms. The summed E-state index contributed by atoms with van der Waals surface area (Å²) in [5, 5.41) is 0. The van der Waals surface area contributed by atoms with Gasteiger partial charge in [-0.15, -0.1) is 0 Å². The summed E-state index contributed by atoms with van der Waals surface area (Å²) in [5.41, 5.74) is 6.02. The number of hydrogen-bond acceptors (Lipinski definition) is 4. The SMILES string of the molecule is CCC(N)C(OCCOC(C)C)c1ccco1. The summed E-state index contributed by atoms with van der Waals surface area (Å²) >= 11 is 0. The van der Waals surface area contributed by atoms with Crippen molar-refractivity contribution < 1.29 is 13.9 Å². The van der Waals surface area contributed by atoms with E-state index >= 15 is 0 Å². The normalized spacial score (nSPS) is 15.1. The zero-order valence-corrected chi connectivity index (χ0v) is 10.9. The number of rotatable bonds is 8. The second-order valence-corrected chi connectivity index (χ2v) is 4.30. The van der Waals surface area contributed by atoms with E-state index < -0.39 is 0 Å². The van der Waals surface area contributed by atoms with Gasteiger partial charge in [-0.25, -0.2) is 0 Å². The summed E-state index contributed by atoms with van der Waals surface area (Å²) in [6, 6.07) is 3.68. The Morgan fingerprint density at radius 3 is 2.53 bits per heavy atom. The maximum atomic E-state index is 6.02. The lowest BCUT2D eigenvalue weighted by Crippen LogP contribution is -2.30. The Bertz CT molecular complexity index is 285. The van der Waals surface area contributed by atoms with Gasteiger partial charge in [0.25, 0.3) is 0 Å². The maximum absolute atomic E-state index is 6.02. The molecular formula is C13H23NO3. The van der Waals surface area contributed by atoms with Crippen molar-refractivity contribution in [2.45, 2.75) is 45.4 Å². The predicted molar refractivity (Wildman–Crippen MR) is 66.8 cm³/mol. The Kier molecular flexibility index (Phi) is 6.26. The maximum Gasteiger partial charge on any atom is 0.134 e. The summed E-state index contributed by atoms with van der Waals surface area (Å²) in [6.45, 7) is 7.14. The molecule has 0 aromatic carbocycles. The number of hydrogen-bond donors (Lipinski definition) is 1. The highest BCUT2D eigenvalue weighted by Gasteiger charge is 2.21. The van der Waals surface area contributed by atoms with Crippen molar-refractivity contribution in [2.24, 2.45) is 5.73 Å². The molecule has 1 heterocycles. The first kappa shape index (κ1) is 14.2. The molecule has 17 heavy (non-hydrogen) atoms. The molecule has 0 aliphatic carbocycles. The molecule has 2 atom stereocenters. The Hall–Kier alpha value is -0.840. The van der Waals surface area contributed by atoms with Gasteiger partial charge >= 0.3 is 0 Å². The molecule has 2 N–H and O–H groups in total. The second kappa shape index (κ2) is 7.48. The standard InChI is InChI=1S/C13H23NO3/c1-4-11(14)13(12-6-5-7-16-12)17-9-8-15-10(2)3/h5-7,10-11,13H,4,8-9,14H2,1-3H3. The van der Waals surface area contributed by atoms with Crippen molar-refractivity contribution in [2.75, 3.05) is 13.2 Å². The van der Waals surface area contributed by atoms with Crippen LogP contribution >= 0.6 is 0 Å². The van der Waals surface area contributed by atoms with Gasteiger partial charge in [0.05, 0.1) is 25.6 Å². The average molecular weight is 241 g/mol. The summed E-state index contributed by atoms with van der Waals surface area (Å²) in [4.78, 5) is 0. The fraction of sp³-hybridized carbons (Fsp3) is 0.692. The monoisotopic (exact) mass is 241 g/mol. The van der Waals surface area contributed by atoms with E-state index in [0.717, 1.165) is 12.2 Å². The van der Waals surface area contributed by atoms with Crippen molar-refractivity contribution in [3.63, 3.8) is 0 Å². The second-order valence-electron chi connectivity index (χ2n) is 4.30. The van der Waals surface area contributed by atoms with E-state index in [9.17, 15) is 0 Å². The molecule has 0 radical (unpaired) electrons. The van der Waals surface area contributed by atoms with E-state index in [1.165, 1.54) is 0 Å². The molecule has 0 aliphatic heterocycles. The fourth-order valence-corrected chi connectivity index (χ4v) is 1.54. The van der Waals surface area contributed by atoms with Gasteiger partial charge in [0, 0.05) is 6.04 Å². The van der Waals surface area contributed by atoms with Gasteiger partial charge in [0.1, 0.15) is 11.9 Å². The molecule has 4 nitrogen and oxygen atoms in total. The first-order valence-corrected chi connectivity index (χ1v) is 6.17. The zero-order valence-electron chi connectivity index (χ0n) is 10.9. The highest BCUT2D eigenvalue weighted by atomic mass is 16.5. The van der Waals surface area contributed by atoms with Gasteiger partial charge < -0.3 is 19.6 Å². The van der Waals surface area contributed by atoms with Crippen LogP contribution in [0.4, 0.5) is 0 Å². The lowest BCUT2D eigenvalue weighted by atomic mass is 10.1. The third kappa shape index (κ3) is 4.89. The van der Waals surface area contributed by atoms with Gasteiger partial charge in [-0.3, -0.25) is 0 Å². The molecule has 0 fully saturated rings. The fourth-order valence-electron chi connectivity index (χ4n) is 1.54. The number of nitrogens with two attached hydrogens (primary N) is 1. The van der Waals surface area contributed by atoms with E-state index in [4.69, 9.17) is 19.6 Å². The van der Waals surface area contributed by atoms with Crippen LogP contribution in [0.25, 0.3) is 0 Å². The van der Waals surface area contributed by atoms with Crippen LogP contribution < -0.4 is 5.73 Å². The molecule has 0 amide bonds. The minimum absolute atomic E-state index is 0.0554. The molecular weight excluding hydrogens is 218 g/mol. The number of ether oxygens (including phenoxy) is 2. The quantitative estimate of drug-likeness (QED) is 0.710. The van der Waals surface area contributed by atoms with Crippen LogP contribution in [0, 0.1) is 0 Å². The van der Waals surface area contributed by atoms with Crippen LogP contribution in [0.1, 0.15) is 39.1 Å². The highest BCUT2D eigenvalue weighted by molar-refractivity contribution is 5.04. The van der Waals surface area contributed by atoms with E-state index in [1.54, 1.807) is 6.26 Å². The molecule has 98 valence electrons. The summed E-state index contributed by atoms with van der Waals surface area (Å²) < 4.78 is 16.5. The molecule has 1 rings (SSSR count). The van der Waals surface area contributed by atoms with Gasteiger partial charge in [-0.1, -0.05) is 6.92 Å². The van der Waals surface area contributed by atoms with Crippen LogP contribution in [0.3, 0.4) is 0 Å². The summed E-state index contributed by atoms with van der Waals surface area (Å²) in [6.07, 6.45) is 2.51. The molecule has 0 saturated carbocycles. The first-order valence-electron chi connectivity index (χ1n) is 6.17. The van der Waals surface area contributed by atoms with Gasteiger partial charge in [-0.05, 0) is 32.4 Å². The molecule has 0 bridgehead atoms. The summed E-state index contributed by atoms with van der Waals surface area (Å²) in [5.74, 6) is 0.781. The topological polar surface area (TPSA) is 57.6 Å². The van der Waals surface area contributed by atoms with E-state index in [0.29, 0.717) is 13.2 Å². The van der Waals surface area contributed by atoms with Crippen molar-refractivity contribution in [3.8, 4) is 0 Å². The van der Waals surface area contributed by atoms with E-state index in [1.807, 2.05) is 32.9 Å². The van der Waals surface area contributed by atoms with Crippen LogP contribution in [0.5, 0.6) is 0 Å². The van der Waals surface area contributed by atoms with E-state index in [-0.39, 0.29) is 18.2 Å². The van der Waals surface area contributed by atoms with Crippen LogP contribution in [0.2, 0.25) is 0 Å². The van der Waals surface area contributed by atoms with Gasteiger partial charge in [0.15, 0.2) is 0 Å². The van der Waals surface area contributed by atoms with Crippen molar-refractivity contribution >= 4 is 0 Å². The Morgan fingerprint density at radius 1 is 1.29 bits per heavy atom. The zero-order chi connectivity index (χ0) is 12.7. The third-order valence-electron chi connectivity index (χ3n) is 2.52. The van der Waals surface area contributed by atoms with Crippen LogP contribution in [0.15, 0.2) is 22.8 Å². The Morgan fingerprint density at radius 2 is 2.00 bits per heavy atom. The van der Waals surface area contributed by atoms with Gasteiger partial charge in [-0.2, -0.15) is 0 Å². The predicted octanol–water partition coefficient (Wildman–Crippen LogP) is 2.50. The molecule has 4 heteroatoms. The molecule has 1 aromatic rings. The minimum Gasteiger partial charge on any atom is -0.467 e. The van der Waals surface area contributed by atoms with Crippen LogP contribution in [-0.2, 0) is 9.47 Å². The van der Waals surface area contributed by atoms with Crippen LogP contribution in [-0.4, -0.2) is 25.4 Å². The minimum atomic E-state index is -0.189. The molecule has 0 aliphatic rings.